The van der Waals surface area contributed by atoms with Gasteiger partial charge in [0.2, 0.25) is 0 Å². The largest absolute Gasteiger partial charge is 0.0937 e. The van der Waals surface area contributed by atoms with E-state index in [-0.39, 0.29) is 0 Å². The summed E-state index contributed by atoms with van der Waals surface area (Å²) in [5.41, 5.74) is 8.81. The van der Waals surface area contributed by atoms with Gasteiger partial charge in [-0.3, -0.25) is 0 Å². The van der Waals surface area contributed by atoms with Crippen molar-refractivity contribution < 1.29 is 0 Å². The lowest BCUT2D eigenvalue weighted by Crippen LogP contribution is -2.52. The topological polar surface area (TPSA) is 48.8 Å². The monoisotopic (exact) mass is 179 g/mol. The van der Waals surface area contributed by atoms with Crippen molar-refractivity contribution >= 4 is 0 Å². The van der Waals surface area contributed by atoms with Crippen LogP contribution in [-0.4, -0.2) is 6.54 Å². The number of azide groups is 1. The third-order valence-electron chi connectivity index (χ3n) is 4.38. The van der Waals surface area contributed by atoms with Crippen LogP contribution >= 0.6 is 0 Å². The maximum atomic E-state index is 8.28. The highest BCUT2D eigenvalue weighted by Crippen LogP contribution is 2.61. The van der Waals surface area contributed by atoms with Gasteiger partial charge in [0.25, 0.3) is 0 Å². The third kappa shape index (κ3) is 1.22. The fourth-order valence-corrected chi connectivity index (χ4v) is 3.32. The summed E-state index contributed by atoms with van der Waals surface area (Å²) in [6.07, 6.45) is 3.99. The molecule has 0 heterocycles. The van der Waals surface area contributed by atoms with Crippen LogP contribution in [0.3, 0.4) is 0 Å². The Balaban J connectivity index is 2.02. The van der Waals surface area contributed by atoms with E-state index in [1.165, 1.54) is 19.3 Å². The van der Waals surface area contributed by atoms with E-state index >= 15 is 0 Å². The molecular weight excluding hydrogens is 162 g/mol. The van der Waals surface area contributed by atoms with Gasteiger partial charge in [0.05, 0.1) is 0 Å². The molecule has 0 radical (unpaired) electrons. The van der Waals surface area contributed by atoms with Crippen molar-refractivity contribution in [2.45, 2.75) is 33.1 Å². The maximum absolute atomic E-state index is 8.28. The predicted octanol–water partition coefficient (Wildman–Crippen LogP) is 3.37. The van der Waals surface area contributed by atoms with Gasteiger partial charge in [-0.05, 0) is 48.0 Å². The first-order chi connectivity index (χ1) is 6.16. The second kappa shape index (κ2) is 2.91. The molecule has 0 saturated heterocycles. The van der Waals surface area contributed by atoms with Gasteiger partial charge < -0.3 is 0 Å². The Kier molecular flexibility index (Phi) is 1.99. The van der Waals surface area contributed by atoms with E-state index in [1.807, 2.05) is 0 Å². The highest BCUT2D eigenvalue weighted by Gasteiger charge is 2.53. The van der Waals surface area contributed by atoms with Gasteiger partial charge in [-0.2, -0.15) is 0 Å². The lowest BCUT2D eigenvalue weighted by molar-refractivity contribution is -0.101. The van der Waals surface area contributed by atoms with Crippen molar-refractivity contribution in [2.24, 2.45) is 28.3 Å². The molecule has 13 heavy (non-hydrogen) atoms. The minimum absolute atomic E-state index is 0.522. The van der Waals surface area contributed by atoms with E-state index in [1.54, 1.807) is 0 Å². The molecule has 0 spiro atoms. The summed E-state index contributed by atoms with van der Waals surface area (Å²) in [6, 6.07) is 0. The normalized spacial score (nSPS) is 40.3. The molecule has 3 saturated carbocycles. The molecule has 0 aromatic rings. The average Bonchev–Trinajstić information content (AvgIpc) is 2.14. The second-order valence-corrected chi connectivity index (χ2v) is 5.11. The van der Waals surface area contributed by atoms with E-state index in [0.29, 0.717) is 11.3 Å². The van der Waals surface area contributed by atoms with E-state index in [2.05, 4.69) is 23.9 Å². The molecule has 3 aliphatic carbocycles. The van der Waals surface area contributed by atoms with Crippen LogP contribution in [0, 0.1) is 23.2 Å². The Morgan fingerprint density at radius 3 is 2.77 bits per heavy atom. The highest BCUT2D eigenvalue weighted by atomic mass is 15.1. The molecule has 0 aliphatic heterocycles. The third-order valence-corrected chi connectivity index (χ3v) is 4.38. The van der Waals surface area contributed by atoms with Crippen molar-refractivity contribution in [3.8, 4) is 0 Å². The van der Waals surface area contributed by atoms with Crippen molar-refractivity contribution in [1.29, 1.82) is 0 Å². The number of hydrogen-bond donors (Lipinski definition) is 0. The molecule has 3 rings (SSSR count). The van der Waals surface area contributed by atoms with Crippen molar-refractivity contribution in [3.63, 3.8) is 0 Å². The predicted molar refractivity (Wildman–Crippen MR) is 52.1 cm³/mol. The van der Waals surface area contributed by atoms with Gasteiger partial charge in [0.1, 0.15) is 0 Å². The zero-order valence-electron chi connectivity index (χ0n) is 8.40. The van der Waals surface area contributed by atoms with Crippen molar-refractivity contribution in [2.75, 3.05) is 6.54 Å². The lowest BCUT2D eigenvalue weighted by Gasteiger charge is -2.60. The highest BCUT2D eigenvalue weighted by molar-refractivity contribution is 5.03. The molecule has 3 nitrogen and oxygen atoms in total. The number of nitrogens with zero attached hydrogens (tertiary/aromatic N) is 3. The molecule has 3 unspecified atom stereocenters. The SMILES string of the molecule is CC1(C)C2CCC(CN=[N+]=[N-])C1C2. The first kappa shape index (κ1) is 8.89. The van der Waals surface area contributed by atoms with Crippen molar-refractivity contribution in [3.05, 3.63) is 10.4 Å². The molecule has 2 bridgehead atoms. The Bertz CT molecular complexity index is 251. The molecule has 0 amide bonds. The molecular formula is C10H17N3. The smallest absolute Gasteiger partial charge is 0.0289 e. The maximum Gasteiger partial charge on any atom is 0.0289 e. The molecule has 0 N–H and O–H groups in total. The number of hydrogen-bond acceptors (Lipinski definition) is 1. The molecule has 3 aliphatic rings. The first-order valence-electron chi connectivity index (χ1n) is 5.17. The van der Waals surface area contributed by atoms with Crippen LogP contribution in [0.5, 0.6) is 0 Å². The second-order valence-electron chi connectivity index (χ2n) is 5.11. The van der Waals surface area contributed by atoms with Gasteiger partial charge in [-0.1, -0.05) is 19.0 Å². The van der Waals surface area contributed by atoms with Crippen LogP contribution in [0.2, 0.25) is 0 Å². The van der Waals surface area contributed by atoms with Gasteiger partial charge >= 0.3 is 0 Å². The first-order valence-corrected chi connectivity index (χ1v) is 5.17. The average molecular weight is 179 g/mol. The Morgan fingerprint density at radius 2 is 2.23 bits per heavy atom. The van der Waals surface area contributed by atoms with Crippen molar-refractivity contribution in [1.82, 2.24) is 0 Å². The van der Waals surface area contributed by atoms with Crippen LogP contribution in [0.4, 0.5) is 0 Å². The summed E-state index contributed by atoms with van der Waals surface area (Å²) in [4.78, 5) is 2.85. The van der Waals surface area contributed by atoms with Crippen LogP contribution in [0.1, 0.15) is 33.1 Å². The molecule has 0 aromatic carbocycles. The quantitative estimate of drug-likeness (QED) is 0.354. The summed E-state index contributed by atoms with van der Waals surface area (Å²) < 4.78 is 0. The van der Waals surface area contributed by atoms with Crippen LogP contribution in [0.25, 0.3) is 10.4 Å². The van der Waals surface area contributed by atoms with Gasteiger partial charge in [-0.25, -0.2) is 0 Å². The van der Waals surface area contributed by atoms with Crippen LogP contribution in [0.15, 0.2) is 5.11 Å². The zero-order valence-corrected chi connectivity index (χ0v) is 8.40. The van der Waals surface area contributed by atoms with Crippen LogP contribution in [-0.2, 0) is 0 Å². The van der Waals surface area contributed by atoms with Gasteiger partial charge in [-0.15, -0.1) is 0 Å². The van der Waals surface area contributed by atoms with E-state index < -0.39 is 0 Å². The van der Waals surface area contributed by atoms with Gasteiger partial charge in [0, 0.05) is 11.5 Å². The Hall–Kier alpha value is -0.690. The number of rotatable bonds is 2. The molecule has 72 valence electrons. The Morgan fingerprint density at radius 1 is 1.46 bits per heavy atom. The molecule has 3 atom stereocenters. The Labute approximate surface area is 79.1 Å². The van der Waals surface area contributed by atoms with Crippen LogP contribution < -0.4 is 0 Å². The summed E-state index contributed by atoms with van der Waals surface area (Å²) >= 11 is 0. The summed E-state index contributed by atoms with van der Waals surface area (Å²) in [7, 11) is 0. The fraction of sp³-hybridized carbons (Fsp3) is 1.00. The van der Waals surface area contributed by atoms with Gasteiger partial charge in [0.15, 0.2) is 0 Å². The summed E-state index contributed by atoms with van der Waals surface area (Å²) in [5, 5.41) is 3.72. The fourth-order valence-electron chi connectivity index (χ4n) is 3.32. The van der Waals surface area contributed by atoms with E-state index in [0.717, 1.165) is 18.4 Å². The summed E-state index contributed by atoms with van der Waals surface area (Å²) in [5.74, 6) is 2.42. The molecule has 3 heteroatoms. The summed E-state index contributed by atoms with van der Waals surface area (Å²) in [6.45, 7) is 5.46. The number of fused-ring (bicyclic) bond motifs is 2. The minimum Gasteiger partial charge on any atom is -0.0937 e. The molecule has 3 fully saturated rings. The van der Waals surface area contributed by atoms with E-state index in [4.69, 9.17) is 5.53 Å². The van der Waals surface area contributed by atoms with E-state index in [9.17, 15) is 0 Å². The standard InChI is InChI=1S/C10H17N3/c1-10(2)8-4-3-7(6-12-13-11)9(10)5-8/h7-9H,3-6H2,1-2H3. The zero-order chi connectivity index (χ0) is 9.47. The lowest BCUT2D eigenvalue weighted by atomic mass is 9.45. The minimum atomic E-state index is 0.522. The molecule has 0 aromatic heterocycles.